The van der Waals surface area contributed by atoms with Gasteiger partial charge in [0, 0.05) is 12.1 Å². The highest BCUT2D eigenvalue weighted by Gasteiger charge is 2.18. The van der Waals surface area contributed by atoms with Crippen molar-refractivity contribution in [3.05, 3.63) is 41.7 Å². The second-order valence-corrected chi connectivity index (χ2v) is 5.71. The number of nitrogens with one attached hydrogen (secondary N) is 1. The Balaban J connectivity index is 2.14. The molecule has 0 spiro atoms. The smallest absolute Gasteiger partial charge is 0.258 e. The van der Waals surface area contributed by atoms with Gasteiger partial charge in [0.05, 0.1) is 0 Å². The van der Waals surface area contributed by atoms with Gasteiger partial charge >= 0.3 is 0 Å². The second-order valence-electron chi connectivity index (χ2n) is 5.71. The first kappa shape index (κ1) is 15.2. The van der Waals surface area contributed by atoms with Gasteiger partial charge in [-0.25, -0.2) is 0 Å². The van der Waals surface area contributed by atoms with Crippen LogP contribution in [0.1, 0.15) is 50.0 Å². The Hall–Kier alpha value is -2.17. The van der Waals surface area contributed by atoms with Crippen molar-refractivity contribution >= 4 is 11.9 Å². The molecular weight excluding hydrogens is 264 g/mol. The Bertz CT molecular complexity index is 613. The summed E-state index contributed by atoms with van der Waals surface area (Å²) in [6.07, 6.45) is 2.65. The lowest BCUT2D eigenvalue weighted by Gasteiger charge is -2.23. The number of benzene rings is 1. The zero-order valence-electron chi connectivity index (χ0n) is 13.1. The molecular formula is C16H22N4O. The van der Waals surface area contributed by atoms with Gasteiger partial charge in [0.2, 0.25) is 5.95 Å². The van der Waals surface area contributed by atoms with E-state index in [0.717, 1.165) is 6.42 Å². The van der Waals surface area contributed by atoms with Crippen LogP contribution in [0.25, 0.3) is 0 Å². The molecule has 0 unspecified atom stereocenters. The molecule has 1 amide bonds. The van der Waals surface area contributed by atoms with Crippen molar-refractivity contribution < 1.29 is 4.79 Å². The number of nitrogens with zero attached hydrogens (tertiary/aromatic N) is 3. The third-order valence-electron chi connectivity index (χ3n) is 3.99. The Morgan fingerprint density at radius 1 is 1.24 bits per heavy atom. The van der Waals surface area contributed by atoms with Crippen molar-refractivity contribution in [2.75, 3.05) is 5.32 Å². The lowest BCUT2D eigenvalue weighted by atomic mass is 9.82. The van der Waals surface area contributed by atoms with Gasteiger partial charge in [0.25, 0.3) is 5.91 Å². The summed E-state index contributed by atoms with van der Waals surface area (Å²) in [5.41, 5.74) is 1.98. The van der Waals surface area contributed by atoms with Crippen LogP contribution in [0.15, 0.2) is 30.6 Å². The quantitative estimate of drug-likeness (QED) is 0.918. The fraction of sp³-hybridized carbons (Fsp3) is 0.438. The van der Waals surface area contributed by atoms with Gasteiger partial charge in [-0.15, -0.1) is 10.2 Å². The van der Waals surface area contributed by atoms with E-state index >= 15 is 0 Å². The van der Waals surface area contributed by atoms with Crippen molar-refractivity contribution in [1.82, 2.24) is 14.8 Å². The topological polar surface area (TPSA) is 59.8 Å². The lowest BCUT2D eigenvalue weighted by molar-refractivity contribution is 0.102. The molecule has 0 aliphatic heterocycles. The molecule has 21 heavy (non-hydrogen) atoms. The van der Waals surface area contributed by atoms with Gasteiger partial charge in [-0.2, -0.15) is 0 Å². The average Bonchev–Trinajstić information content (AvgIpc) is 2.94. The van der Waals surface area contributed by atoms with Gasteiger partial charge in [0.15, 0.2) is 0 Å². The average molecular weight is 286 g/mol. The lowest BCUT2D eigenvalue weighted by Crippen LogP contribution is -2.18. The molecule has 0 bridgehead atoms. The minimum atomic E-state index is -0.168. The molecule has 0 saturated carbocycles. The molecule has 5 heteroatoms. The van der Waals surface area contributed by atoms with Crippen molar-refractivity contribution in [3.8, 4) is 0 Å². The predicted molar refractivity (Wildman–Crippen MR) is 83.4 cm³/mol. The van der Waals surface area contributed by atoms with Crippen LogP contribution in [0.2, 0.25) is 0 Å². The molecule has 0 fully saturated rings. The van der Waals surface area contributed by atoms with E-state index in [9.17, 15) is 4.79 Å². The summed E-state index contributed by atoms with van der Waals surface area (Å²) in [7, 11) is 0. The van der Waals surface area contributed by atoms with Gasteiger partial charge < -0.3 is 0 Å². The predicted octanol–water partition coefficient (Wildman–Crippen LogP) is 3.24. The molecule has 0 saturated heterocycles. The Morgan fingerprint density at radius 3 is 2.48 bits per heavy atom. The fourth-order valence-electron chi connectivity index (χ4n) is 2.03. The van der Waals surface area contributed by atoms with E-state index in [-0.39, 0.29) is 11.3 Å². The first-order valence-electron chi connectivity index (χ1n) is 7.27. The number of aromatic nitrogens is 3. The number of rotatable bonds is 5. The van der Waals surface area contributed by atoms with E-state index in [1.54, 1.807) is 10.9 Å². The van der Waals surface area contributed by atoms with E-state index in [0.29, 0.717) is 18.1 Å². The van der Waals surface area contributed by atoms with Crippen molar-refractivity contribution in [2.45, 2.75) is 46.1 Å². The van der Waals surface area contributed by atoms with Gasteiger partial charge in [-0.1, -0.05) is 32.9 Å². The van der Waals surface area contributed by atoms with Gasteiger partial charge in [-0.3, -0.25) is 14.7 Å². The van der Waals surface area contributed by atoms with E-state index in [2.05, 4.69) is 36.3 Å². The zero-order valence-corrected chi connectivity index (χ0v) is 13.1. The molecule has 1 aromatic heterocycles. The highest BCUT2D eigenvalue weighted by atomic mass is 16.1. The first-order chi connectivity index (χ1) is 9.97. The molecule has 0 atom stereocenters. The van der Waals surface area contributed by atoms with Crippen LogP contribution < -0.4 is 5.32 Å². The Kier molecular flexibility index (Phi) is 4.40. The minimum absolute atomic E-state index is 0.122. The second kappa shape index (κ2) is 6.08. The molecule has 0 aliphatic carbocycles. The van der Waals surface area contributed by atoms with Crippen LogP contribution in [-0.4, -0.2) is 20.7 Å². The number of hydrogen-bond acceptors (Lipinski definition) is 3. The summed E-state index contributed by atoms with van der Waals surface area (Å²) in [5, 5.41) is 10.5. The van der Waals surface area contributed by atoms with E-state index in [4.69, 9.17) is 0 Å². The van der Waals surface area contributed by atoms with Crippen LogP contribution in [0.3, 0.4) is 0 Å². The maximum Gasteiger partial charge on any atom is 0.258 e. The molecule has 2 rings (SSSR count). The third kappa shape index (κ3) is 3.29. The maximum atomic E-state index is 12.2. The minimum Gasteiger partial charge on any atom is -0.300 e. The SMILES string of the molecule is CCn1cnnc1NC(=O)c1ccc(C(C)(C)CC)cc1. The third-order valence-corrected chi connectivity index (χ3v) is 3.99. The molecule has 1 N–H and O–H groups in total. The summed E-state index contributed by atoms with van der Waals surface area (Å²) in [4.78, 5) is 12.2. The van der Waals surface area contributed by atoms with Crippen LogP contribution in [-0.2, 0) is 12.0 Å². The number of amides is 1. The van der Waals surface area contributed by atoms with E-state index < -0.39 is 0 Å². The van der Waals surface area contributed by atoms with Crippen molar-refractivity contribution in [2.24, 2.45) is 0 Å². The molecule has 0 aliphatic rings. The summed E-state index contributed by atoms with van der Waals surface area (Å²) < 4.78 is 1.78. The summed E-state index contributed by atoms with van der Waals surface area (Å²) in [5.74, 6) is 0.305. The molecule has 1 heterocycles. The van der Waals surface area contributed by atoms with Gasteiger partial charge in [-0.05, 0) is 36.5 Å². The Morgan fingerprint density at radius 2 is 1.90 bits per heavy atom. The number of carbonyl (C=O) groups is 1. The van der Waals surface area contributed by atoms with Crippen LogP contribution in [0.5, 0.6) is 0 Å². The molecule has 112 valence electrons. The number of anilines is 1. The highest BCUT2D eigenvalue weighted by Crippen LogP contribution is 2.26. The number of aryl methyl sites for hydroxylation is 1. The van der Waals surface area contributed by atoms with E-state index in [1.807, 2.05) is 31.2 Å². The van der Waals surface area contributed by atoms with Crippen molar-refractivity contribution in [1.29, 1.82) is 0 Å². The number of carbonyl (C=O) groups excluding carboxylic acids is 1. The zero-order chi connectivity index (χ0) is 15.5. The normalized spacial score (nSPS) is 11.4. The standard InChI is InChI=1S/C16H22N4O/c1-5-16(3,4)13-9-7-12(8-10-13)14(21)18-15-19-17-11-20(15)6-2/h7-11H,5-6H2,1-4H3,(H,18,19,21). The molecule has 2 aromatic rings. The first-order valence-corrected chi connectivity index (χ1v) is 7.27. The summed E-state index contributed by atoms with van der Waals surface area (Å²) in [6.45, 7) is 9.25. The largest absolute Gasteiger partial charge is 0.300 e. The van der Waals surface area contributed by atoms with Gasteiger partial charge in [0.1, 0.15) is 6.33 Å². The molecule has 5 nitrogen and oxygen atoms in total. The maximum absolute atomic E-state index is 12.2. The molecule has 1 aromatic carbocycles. The van der Waals surface area contributed by atoms with Crippen molar-refractivity contribution in [3.63, 3.8) is 0 Å². The summed E-state index contributed by atoms with van der Waals surface area (Å²) >= 11 is 0. The number of hydrogen-bond donors (Lipinski definition) is 1. The highest BCUT2D eigenvalue weighted by molar-refractivity contribution is 6.03. The monoisotopic (exact) mass is 286 g/mol. The van der Waals surface area contributed by atoms with Crippen LogP contribution in [0.4, 0.5) is 5.95 Å². The molecule has 0 radical (unpaired) electrons. The summed E-state index contributed by atoms with van der Waals surface area (Å²) in [6, 6.07) is 7.75. The Labute approximate surface area is 125 Å². The van der Waals surface area contributed by atoms with E-state index in [1.165, 1.54) is 5.56 Å². The van der Waals surface area contributed by atoms with Crippen LogP contribution in [0, 0.1) is 0 Å². The fourth-order valence-corrected chi connectivity index (χ4v) is 2.03. The van der Waals surface area contributed by atoms with Crippen LogP contribution >= 0.6 is 0 Å².